The largest absolute Gasteiger partial charge is 0.0683 e. The summed E-state index contributed by atoms with van der Waals surface area (Å²) >= 11 is 0. The highest BCUT2D eigenvalue weighted by Gasteiger charge is 2.03. The Kier molecular flexibility index (Phi) is 3.66. The molecule has 0 aromatic heterocycles. The van der Waals surface area contributed by atoms with Crippen LogP contribution in [0.4, 0.5) is 0 Å². The number of hydrogen-bond donors (Lipinski definition) is 0. The summed E-state index contributed by atoms with van der Waals surface area (Å²) in [7, 11) is 0. The molecule has 0 aliphatic carbocycles. The minimum Gasteiger partial charge on any atom is -0.0683 e. The van der Waals surface area contributed by atoms with E-state index >= 15 is 0 Å². The maximum atomic E-state index is 2.28. The number of benzene rings is 3. The molecular weight excluding hydrogens is 216 g/mol. The lowest BCUT2D eigenvalue weighted by Crippen LogP contribution is -1.83. The SMILES string of the molecule is CC.Cc1ccc2c(C)cc3ccccc3c2c1. The van der Waals surface area contributed by atoms with Gasteiger partial charge in [-0.2, -0.15) is 0 Å². The second kappa shape index (κ2) is 5.22. The maximum absolute atomic E-state index is 2.28. The smallest absolute Gasteiger partial charge is 0.0100 e. The first-order valence-corrected chi connectivity index (χ1v) is 6.64. The molecule has 0 spiro atoms. The fourth-order valence-corrected chi connectivity index (χ4v) is 2.40. The third kappa shape index (κ3) is 2.11. The third-order valence-corrected chi connectivity index (χ3v) is 3.22. The van der Waals surface area contributed by atoms with Crippen molar-refractivity contribution in [2.75, 3.05) is 0 Å². The van der Waals surface area contributed by atoms with Crippen molar-refractivity contribution in [3.05, 3.63) is 59.7 Å². The molecule has 0 heterocycles. The van der Waals surface area contributed by atoms with Crippen LogP contribution in [0.5, 0.6) is 0 Å². The highest BCUT2D eigenvalue weighted by Crippen LogP contribution is 2.28. The molecule has 0 saturated heterocycles. The van der Waals surface area contributed by atoms with E-state index in [9.17, 15) is 0 Å². The predicted octanol–water partition coefficient (Wildman–Crippen LogP) is 5.64. The van der Waals surface area contributed by atoms with Crippen LogP contribution in [0, 0.1) is 13.8 Å². The van der Waals surface area contributed by atoms with Crippen LogP contribution in [0.2, 0.25) is 0 Å². The topological polar surface area (TPSA) is 0 Å². The molecule has 0 heteroatoms. The summed E-state index contributed by atoms with van der Waals surface area (Å²) in [6.07, 6.45) is 0. The van der Waals surface area contributed by atoms with Crippen LogP contribution in [0.15, 0.2) is 48.5 Å². The average Bonchev–Trinajstić information content (AvgIpc) is 2.41. The summed E-state index contributed by atoms with van der Waals surface area (Å²) in [5.41, 5.74) is 2.68. The van der Waals surface area contributed by atoms with Gasteiger partial charge in [-0.15, -0.1) is 0 Å². The highest BCUT2D eigenvalue weighted by atomic mass is 14.1. The Balaban J connectivity index is 0.000000574. The Bertz CT molecular complexity index is 678. The Hall–Kier alpha value is -1.82. The van der Waals surface area contributed by atoms with Crippen LogP contribution in [0.3, 0.4) is 0 Å². The van der Waals surface area contributed by atoms with Crippen molar-refractivity contribution in [1.82, 2.24) is 0 Å². The zero-order chi connectivity index (χ0) is 13.1. The second-order valence-electron chi connectivity index (χ2n) is 4.46. The van der Waals surface area contributed by atoms with Crippen molar-refractivity contribution in [2.24, 2.45) is 0 Å². The molecule has 92 valence electrons. The van der Waals surface area contributed by atoms with E-state index in [1.165, 1.54) is 32.7 Å². The van der Waals surface area contributed by atoms with Gasteiger partial charge in [-0.25, -0.2) is 0 Å². The van der Waals surface area contributed by atoms with Crippen molar-refractivity contribution in [3.8, 4) is 0 Å². The molecule has 0 N–H and O–H groups in total. The normalized spacial score (nSPS) is 10.2. The van der Waals surface area contributed by atoms with Gasteiger partial charge in [0.25, 0.3) is 0 Å². The standard InChI is InChI=1S/C16H14.C2H6/c1-11-7-8-14-12(2)10-13-5-3-4-6-15(13)16(14)9-11;1-2/h3-10H,1-2H3;1-2H3. The molecule has 0 atom stereocenters. The third-order valence-electron chi connectivity index (χ3n) is 3.22. The van der Waals surface area contributed by atoms with Gasteiger partial charge >= 0.3 is 0 Å². The first-order valence-electron chi connectivity index (χ1n) is 6.64. The van der Waals surface area contributed by atoms with Gasteiger partial charge in [-0.1, -0.05) is 67.9 Å². The first kappa shape index (κ1) is 12.6. The average molecular weight is 236 g/mol. The van der Waals surface area contributed by atoms with Gasteiger partial charge in [0, 0.05) is 0 Å². The highest BCUT2D eigenvalue weighted by molar-refractivity contribution is 6.09. The van der Waals surface area contributed by atoms with Crippen molar-refractivity contribution in [1.29, 1.82) is 0 Å². The zero-order valence-electron chi connectivity index (χ0n) is 11.6. The number of fused-ring (bicyclic) bond motifs is 3. The lowest BCUT2D eigenvalue weighted by molar-refractivity contribution is 1.49. The molecular formula is C18H20. The quantitative estimate of drug-likeness (QED) is 0.443. The Morgan fingerprint density at radius 3 is 2.17 bits per heavy atom. The molecule has 0 unspecified atom stereocenters. The Morgan fingerprint density at radius 2 is 1.39 bits per heavy atom. The molecule has 0 aliphatic rings. The molecule has 0 bridgehead atoms. The van der Waals surface area contributed by atoms with E-state index in [4.69, 9.17) is 0 Å². The Morgan fingerprint density at radius 1 is 0.667 bits per heavy atom. The van der Waals surface area contributed by atoms with Crippen molar-refractivity contribution in [2.45, 2.75) is 27.7 Å². The van der Waals surface area contributed by atoms with Crippen LogP contribution in [0.1, 0.15) is 25.0 Å². The van der Waals surface area contributed by atoms with E-state index in [0.29, 0.717) is 0 Å². The predicted molar refractivity (Wildman–Crippen MR) is 82.3 cm³/mol. The maximum Gasteiger partial charge on any atom is -0.0100 e. The van der Waals surface area contributed by atoms with Gasteiger partial charge in [-0.3, -0.25) is 0 Å². The summed E-state index contributed by atoms with van der Waals surface area (Å²) in [6, 6.07) is 17.6. The van der Waals surface area contributed by atoms with E-state index in [-0.39, 0.29) is 0 Å². The monoisotopic (exact) mass is 236 g/mol. The van der Waals surface area contributed by atoms with Crippen molar-refractivity contribution >= 4 is 21.5 Å². The number of hydrogen-bond acceptors (Lipinski definition) is 0. The summed E-state index contributed by atoms with van der Waals surface area (Å²) in [4.78, 5) is 0. The van der Waals surface area contributed by atoms with Crippen LogP contribution < -0.4 is 0 Å². The fourth-order valence-electron chi connectivity index (χ4n) is 2.40. The summed E-state index contributed by atoms with van der Waals surface area (Å²) < 4.78 is 0. The lowest BCUT2D eigenvalue weighted by Gasteiger charge is -2.08. The van der Waals surface area contributed by atoms with E-state index in [1.54, 1.807) is 0 Å². The molecule has 0 radical (unpaired) electrons. The van der Waals surface area contributed by atoms with E-state index < -0.39 is 0 Å². The van der Waals surface area contributed by atoms with E-state index in [2.05, 4.69) is 62.4 Å². The van der Waals surface area contributed by atoms with Crippen LogP contribution in [-0.4, -0.2) is 0 Å². The number of rotatable bonds is 0. The summed E-state index contributed by atoms with van der Waals surface area (Å²) in [5.74, 6) is 0. The number of aryl methyl sites for hydroxylation is 2. The second-order valence-corrected chi connectivity index (χ2v) is 4.46. The molecule has 18 heavy (non-hydrogen) atoms. The van der Waals surface area contributed by atoms with Crippen molar-refractivity contribution in [3.63, 3.8) is 0 Å². The van der Waals surface area contributed by atoms with Crippen LogP contribution in [0.25, 0.3) is 21.5 Å². The minimum atomic E-state index is 1.32. The molecule has 0 aliphatic heterocycles. The summed E-state index contributed by atoms with van der Waals surface area (Å²) in [6.45, 7) is 8.33. The Labute approximate surface area is 109 Å². The lowest BCUT2D eigenvalue weighted by atomic mass is 9.97. The fraction of sp³-hybridized carbons (Fsp3) is 0.222. The molecule has 0 amide bonds. The summed E-state index contributed by atoms with van der Waals surface area (Å²) in [5, 5.41) is 5.42. The molecule has 3 aromatic carbocycles. The van der Waals surface area contributed by atoms with Gasteiger partial charge in [-0.05, 0) is 41.0 Å². The van der Waals surface area contributed by atoms with Crippen LogP contribution in [-0.2, 0) is 0 Å². The molecule has 0 nitrogen and oxygen atoms in total. The van der Waals surface area contributed by atoms with Crippen molar-refractivity contribution < 1.29 is 0 Å². The van der Waals surface area contributed by atoms with Gasteiger partial charge in [0.2, 0.25) is 0 Å². The van der Waals surface area contributed by atoms with E-state index in [1.807, 2.05) is 13.8 Å². The van der Waals surface area contributed by atoms with Gasteiger partial charge < -0.3 is 0 Å². The molecule has 0 saturated carbocycles. The van der Waals surface area contributed by atoms with Gasteiger partial charge in [0.15, 0.2) is 0 Å². The molecule has 0 fully saturated rings. The molecule has 3 rings (SSSR count). The molecule has 3 aromatic rings. The van der Waals surface area contributed by atoms with Crippen LogP contribution >= 0.6 is 0 Å². The first-order chi connectivity index (χ1) is 8.75. The minimum absolute atomic E-state index is 1.32. The van der Waals surface area contributed by atoms with Gasteiger partial charge in [0.05, 0.1) is 0 Å². The van der Waals surface area contributed by atoms with Gasteiger partial charge in [0.1, 0.15) is 0 Å². The zero-order valence-corrected chi connectivity index (χ0v) is 11.6. The van der Waals surface area contributed by atoms with E-state index in [0.717, 1.165) is 0 Å².